The Hall–Kier alpha value is -2.14. The Morgan fingerprint density at radius 1 is 0.962 bits per heavy atom. The highest BCUT2D eigenvalue weighted by Crippen LogP contribution is 2.24. The van der Waals surface area contributed by atoms with Crippen LogP contribution in [0.3, 0.4) is 0 Å². The zero-order valence-electron chi connectivity index (χ0n) is 16.0. The van der Waals surface area contributed by atoms with Gasteiger partial charge >= 0.3 is 0 Å². The van der Waals surface area contributed by atoms with Crippen molar-refractivity contribution in [1.82, 2.24) is 14.9 Å². The SMILES string of the molecule is CN(C)CCNc1cc(NC2CCCCCC2)nc(-c2ccccc2)n1. The zero-order valence-corrected chi connectivity index (χ0v) is 16.0. The van der Waals surface area contributed by atoms with Crippen molar-refractivity contribution in [2.45, 2.75) is 44.6 Å². The molecular formula is C21H31N5. The molecule has 0 radical (unpaired) electrons. The Morgan fingerprint density at radius 2 is 1.65 bits per heavy atom. The number of rotatable bonds is 7. The average Bonchev–Trinajstić information content (AvgIpc) is 2.91. The number of hydrogen-bond acceptors (Lipinski definition) is 5. The Kier molecular flexibility index (Phi) is 6.83. The summed E-state index contributed by atoms with van der Waals surface area (Å²) < 4.78 is 0. The standard InChI is InChI=1S/C21H31N5/c1-26(2)15-14-22-19-16-20(23-18-12-8-3-4-9-13-18)25-21(24-19)17-10-6-5-7-11-17/h5-7,10-11,16,18H,3-4,8-9,12-15H2,1-2H3,(H2,22,23,24,25). The summed E-state index contributed by atoms with van der Waals surface area (Å²) in [6.45, 7) is 1.83. The monoisotopic (exact) mass is 353 g/mol. The number of aromatic nitrogens is 2. The van der Waals surface area contributed by atoms with E-state index in [-0.39, 0.29) is 0 Å². The molecule has 0 unspecified atom stereocenters. The van der Waals surface area contributed by atoms with Crippen molar-refractivity contribution >= 4 is 11.6 Å². The second kappa shape index (κ2) is 9.53. The third-order valence-electron chi connectivity index (χ3n) is 4.83. The van der Waals surface area contributed by atoms with E-state index in [9.17, 15) is 0 Å². The maximum absolute atomic E-state index is 4.80. The summed E-state index contributed by atoms with van der Waals surface area (Å²) in [5.41, 5.74) is 1.05. The van der Waals surface area contributed by atoms with Gasteiger partial charge in [0.15, 0.2) is 5.82 Å². The fourth-order valence-electron chi connectivity index (χ4n) is 3.37. The van der Waals surface area contributed by atoms with Crippen molar-refractivity contribution in [1.29, 1.82) is 0 Å². The normalized spacial score (nSPS) is 15.7. The van der Waals surface area contributed by atoms with Gasteiger partial charge in [0.05, 0.1) is 0 Å². The lowest BCUT2D eigenvalue weighted by molar-refractivity contribution is 0.425. The molecule has 1 aliphatic carbocycles. The summed E-state index contributed by atoms with van der Waals surface area (Å²) in [6, 6.07) is 12.8. The molecular weight excluding hydrogens is 322 g/mol. The van der Waals surface area contributed by atoms with Crippen LogP contribution in [0.15, 0.2) is 36.4 Å². The van der Waals surface area contributed by atoms with Crippen LogP contribution in [0.25, 0.3) is 11.4 Å². The van der Waals surface area contributed by atoms with Crippen LogP contribution in [0.5, 0.6) is 0 Å². The van der Waals surface area contributed by atoms with Gasteiger partial charge in [-0.25, -0.2) is 9.97 Å². The summed E-state index contributed by atoms with van der Waals surface area (Å²) in [7, 11) is 4.16. The first kappa shape index (κ1) is 18.6. The lowest BCUT2D eigenvalue weighted by Gasteiger charge is -2.18. The molecule has 0 aliphatic heterocycles. The van der Waals surface area contributed by atoms with Gasteiger partial charge in [-0.05, 0) is 26.9 Å². The fourth-order valence-corrected chi connectivity index (χ4v) is 3.37. The molecule has 0 bridgehead atoms. The number of hydrogen-bond donors (Lipinski definition) is 2. The van der Waals surface area contributed by atoms with E-state index < -0.39 is 0 Å². The van der Waals surface area contributed by atoms with Crippen molar-refractivity contribution in [3.8, 4) is 11.4 Å². The van der Waals surface area contributed by atoms with Crippen LogP contribution in [0.2, 0.25) is 0 Å². The van der Waals surface area contributed by atoms with Crippen LogP contribution in [0, 0.1) is 0 Å². The van der Waals surface area contributed by atoms with Gasteiger partial charge in [-0.15, -0.1) is 0 Å². The van der Waals surface area contributed by atoms with Gasteiger partial charge in [0.1, 0.15) is 11.6 Å². The number of nitrogens with one attached hydrogen (secondary N) is 2. The quantitative estimate of drug-likeness (QED) is 0.729. The molecule has 5 nitrogen and oxygen atoms in total. The van der Waals surface area contributed by atoms with Crippen molar-refractivity contribution in [2.75, 3.05) is 37.8 Å². The first-order chi connectivity index (χ1) is 12.7. The van der Waals surface area contributed by atoms with Gasteiger partial charge in [-0.3, -0.25) is 0 Å². The van der Waals surface area contributed by atoms with E-state index in [1.807, 2.05) is 24.3 Å². The van der Waals surface area contributed by atoms with Gasteiger partial charge in [-0.2, -0.15) is 0 Å². The minimum absolute atomic E-state index is 0.519. The lowest BCUT2D eigenvalue weighted by atomic mass is 10.1. The minimum Gasteiger partial charge on any atom is -0.369 e. The molecule has 3 rings (SSSR count). The number of likely N-dealkylation sites (N-methyl/N-ethyl adjacent to an activating group) is 1. The van der Waals surface area contributed by atoms with E-state index >= 15 is 0 Å². The van der Waals surface area contributed by atoms with E-state index in [2.05, 4.69) is 41.8 Å². The van der Waals surface area contributed by atoms with Gasteiger partial charge < -0.3 is 15.5 Å². The Labute approximate surface area is 157 Å². The Morgan fingerprint density at radius 3 is 2.35 bits per heavy atom. The first-order valence-electron chi connectivity index (χ1n) is 9.80. The van der Waals surface area contributed by atoms with Gasteiger partial charge in [0, 0.05) is 30.8 Å². The average molecular weight is 354 g/mol. The second-order valence-electron chi connectivity index (χ2n) is 7.39. The maximum atomic E-state index is 4.80. The van der Waals surface area contributed by atoms with Crippen LogP contribution >= 0.6 is 0 Å². The van der Waals surface area contributed by atoms with E-state index in [4.69, 9.17) is 9.97 Å². The van der Waals surface area contributed by atoms with Crippen molar-refractivity contribution in [3.63, 3.8) is 0 Å². The topological polar surface area (TPSA) is 53.1 Å². The van der Waals surface area contributed by atoms with Crippen molar-refractivity contribution in [3.05, 3.63) is 36.4 Å². The van der Waals surface area contributed by atoms with Crippen LogP contribution in [-0.2, 0) is 0 Å². The third-order valence-corrected chi connectivity index (χ3v) is 4.83. The third kappa shape index (κ3) is 5.70. The molecule has 1 aliphatic rings. The predicted molar refractivity (Wildman–Crippen MR) is 110 cm³/mol. The summed E-state index contributed by atoms with van der Waals surface area (Å²) in [5.74, 6) is 2.59. The maximum Gasteiger partial charge on any atom is 0.163 e. The zero-order chi connectivity index (χ0) is 18.2. The molecule has 26 heavy (non-hydrogen) atoms. The molecule has 1 saturated carbocycles. The molecule has 5 heteroatoms. The molecule has 0 spiro atoms. The first-order valence-corrected chi connectivity index (χ1v) is 9.80. The van der Waals surface area contributed by atoms with Gasteiger partial charge in [0.25, 0.3) is 0 Å². The molecule has 2 N–H and O–H groups in total. The van der Waals surface area contributed by atoms with Gasteiger partial charge in [0.2, 0.25) is 0 Å². The summed E-state index contributed by atoms with van der Waals surface area (Å²) >= 11 is 0. The molecule has 2 aromatic rings. The van der Waals surface area contributed by atoms with E-state index in [1.165, 1.54) is 38.5 Å². The highest BCUT2D eigenvalue weighted by molar-refractivity contribution is 5.61. The fraction of sp³-hybridized carbons (Fsp3) is 0.524. The molecule has 0 atom stereocenters. The molecule has 140 valence electrons. The predicted octanol–water partition coefficient (Wildman–Crippen LogP) is 4.25. The van der Waals surface area contributed by atoms with E-state index in [1.54, 1.807) is 0 Å². The lowest BCUT2D eigenvalue weighted by Crippen LogP contribution is -2.22. The van der Waals surface area contributed by atoms with E-state index in [0.29, 0.717) is 6.04 Å². The Balaban J connectivity index is 1.79. The highest BCUT2D eigenvalue weighted by Gasteiger charge is 2.14. The summed E-state index contributed by atoms with van der Waals surface area (Å²) in [6.07, 6.45) is 7.79. The van der Waals surface area contributed by atoms with Crippen LogP contribution in [0.4, 0.5) is 11.6 Å². The number of benzene rings is 1. The molecule has 1 fully saturated rings. The summed E-state index contributed by atoms with van der Waals surface area (Å²) in [4.78, 5) is 11.7. The molecule has 0 saturated heterocycles. The Bertz CT molecular complexity index is 663. The molecule has 1 aromatic carbocycles. The number of anilines is 2. The molecule has 1 aromatic heterocycles. The summed E-state index contributed by atoms with van der Waals surface area (Å²) in [5, 5.41) is 7.11. The minimum atomic E-state index is 0.519. The van der Waals surface area contributed by atoms with Crippen molar-refractivity contribution in [2.24, 2.45) is 0 Å². The largest absolute Gasteiger partial charge is 0.369 e. The second-order valence-corrected chi connectivity index (χ2v) is 7.39. The van der Waals surface area contributed by atoms with Crippen LogP contribution in [-0.4, -0.2) is 48.1 Å². The molecule has 0 amide bonds. The smallest absolute Gasteiger partial charge is 0.163 e. The van der Waals surface area contributed by atoms with Crippen molar-refractivity contribution < 1.29 is 0 Å². The van der Waals surface area contributed by atoms with Crippen LogP contribution in [0.1, 0.15) is 38.5 Å². The number of nitrogens with zero attached hydrogens (tertiary/aromatic N) is 3. The van der Waals surface area contributed by atoms with Crippen LogP contribution < -0.4 is 10.6 Å². The highest BCUT2D eigenvalue weighted by atomic mass is 15.1. The van der Waals surface area contributed by atoms with Gasteiger partial charge in [-0.1, -0.05) is 56.0 Å². The molecule has 1 heterocycles. The van der Waals surface area contributed by atoms with E-state index in [0.717, 1.165) is 36.1 Å².